The molecule has 0 spiro atoms. The molecule has 0 saturated carbocycles. The van der Waals surface area contributed by atoms with E-state index in [4.69, 9.17) is 5.11 Å². The Hall–Kier alpha value is -1.65. The molecule has 86 valence electrons. The lowest BCUT2D eigenvalue weighted by Gasteiger charge is -2.18. The lowest BCUT2D eigenvalue weighted by Crippen LogP contribution is -2.26. The molecule has 1 heterocycles. The van der Waals surface area contributed by atoms with Gasteiger partial charge in [-0.1, -0.05) is 0 Å². The molecule has 2 rings (SSSR count). The molecule has 1 aliphatic rings. The average molecular weight is 227 g/mol. The van der Waals surface area contributed by atoms with Gasteiger partial charge in [-0.25, -0.2) is 13.6 Å². The molecule has 0 fully saturated rings. The summed E-state index contributed by atoms with van der Waals surface area (Å²) in [5.41, 5.74) is 1.77. The van der Waals surface area contributed by atoms with E-state index in [2.05, 4.69) is 0 Å². The monoisotopic (exact) mass is 227 g/mol. The minimum absolute atomic E-state index is 0.206. The first-order valence-electron chi connectivity index (χ1n) is 4.97. The van der Waals surface area contributed by atoms with Crippen molar-refractivity contribution >= 4 is 11.7 Å². The van der Waals surface area contributed by atoms with Crippen LogP contribution in [0.3, 0.4) is 0 Å². The summed E-state index contributed by atoms with van der Waals surface area (Å²) in [5, 5.41) is 8.79. The molecule has 1 aromatic carbocycles. The third-order valence-electron chi connectivity index (χ3n) is 2.68. The number of aromatic carboxylic acids is 1. The minimum atomic E-state index is -2.37. The minimum Gasteiger partial charge on any atom is -0.478 e. The lowest BCUT2D eigenvalue weighted by molar-refractivity contribution is 0.0696. The van der Waals surface area contributed by atoms with Crippen molar-refractivity contribution in [2.45, 2.75) is 12.8 Å². The third kappa shape index (κ3) is 1.98. The number of halogens is 2. The second kappa shape index (κ2) is 4.08. The summed E-state index contributed by atoms with van der Waals surface area (Å²) in [6, 6.07) is 4.61. The summed E-state index contributed by atoms with van der Waals surface area (Å²) in [5.74, 6) is -0.991. The van der Waals surface area contributed by atoms with E-state index in [0.717, 1.165) is 11.3 Å². The molecule has 1 aromatic rings. The van der Waals surface area contributed by atoms with Crippen molar-refractivity contribution in [2.24, 2.45) is 0 Å². The zero-order chi connectivity index (χ0) is 11.7. The molecule has 16 heavy (non-hydrogen) atoms. The van der Waals surface area contributed by atoms with Crippen molar-refractivity contribution in [3.8, 4) is 0 Å². The highest BCUT2D eigenvalue weighted by Gasteiger charge is 2.22. The van der Waals surface area contributed by atoms with Gasteiger partial charge >= 0.3 is 5.97 Å². The molecule has 0 atom stereocenters. The molecular weight excluding hydrogens is 216 g/mol. The highest BCUT2D eigenvalue weighted by Crippen LogP contribution is 2.29. The van der Waals surface area contributed by atoms with Crippen molar-refractivity contribution in [1.29, 1.82) is 0 Å². The molecular formula is C11H11F2NO2. The van der Waals surface area contributed by atoms with Gasteiger partial charge in [0.15, 0.2) is 0 Å². The van der Waals surface area contributed by atoms with E-state index >= 15 is 0 Å². The van der Waals surface area contributed by atoms with Crippen molar-refractivity contribution < 1.29 is 18.7 Å². The number of alkyl halides is 2. The first kappa shape index (κ1) is 10.9. The number of nitrogens with zero attached hydrogens (tertiary/aromatic N) is 1. The van der Waals surface area contributed by atoms with Crippen LogP contribution in [0.25, 0.3) is 0 Å². The maximum atomic E-state index is 12.3. The number of hydrogen-bond acceptors (Lipinski definition) is 2. The molecule has 0 aliphatic carbocycles. The summed E-state index contributed by atoms with van der Waals surface area (Å²) < 4.78 is 24.5. The van der Waals surface area contributed by atoms with Crippen molar-refractivity contribution in [2.75, 3.05) is 18.0 Å². The Morgan fingerprint density at radius 2 is 2.25 bits per heavy atom. The number of benzene rings is 1. The first-order chi connectivity index (χ1) is 7.58. The van der Waals surface area contributed by atoms with E-state index in [1.54, 1.807) is 17.0 Å². The quantitative estimate of drug-likeness (QED) is 0.858. The summed E-state index contributed by atoms with van der Waals surface area (Å²) >= 11 is 0. The van der Waals surface area contributed by atoms with E-state index in [1.807, 2.05) is 0 Å². The molecule has 0 aromatic heterocycles. The highest BCUT2D eigenvalue weighted by molar-refractivity contribution is 5.88. The van der Waals surface area contributed by atoms with Gasteiger partial charge in [-0.05, 0) is 30.2 Å². The SMILES string of the molecule is O=C(O)c1ccc2c(c1)CCN2CC(F)F. The third-order valence-corrected chi connectivity index (χ3v) is 2.68. The Labute approximate surface area is 91.3 Å². The maximum absolute atomic E-state index is 12.3. The predicted molar refractivity (Wildman–Crippen MR) is 55.3 cm³/mol. The van der Waals surface area contributed by atoms with Crippen LogP contribution >= 0.6 is 0 Å². The summed E-state index contributed by atoms with van der Waals surface area (Å²) in [6.45, 7) is 0.238. The van der Waals surface area contributed by atoms with Gasteiger partial charge in [-0.2, -0.15) is 0 Å². The molecule has 1 N–H and O–H groups in total. The molecule has 0 saturated heterocycles. The van der Waals surface area contributed by atoms with E-state index in [0.29, 0.717) is 13.0 Å². The van der Waals surface area contributed by atoms with Crippen LogP contribution in [-0.2, 0) is 6.42 Å². The number of carboxylic acid groups (broad SMARTS) is 1. The zero-order valence-electron chi connectivity index (χ0n) is 8.49. The van der Waals surface area contributed by atoms with Crippen LogP contribution in [0.1, 0.15) is 15.9 Å². The van der Waals surface area contributed by atoms with E-state index < -0.39 is 12.4 Å². The number of carbonyl (C=O) groups is 1. The van der Waals surface area contributed by atoms with Gasteiger partial charge < -0.3 is 10.0 Å². The summed E-state index contributed by atoms with van der Waals surface area (Å²) in [4.78, 5) is 12.3. The fraction of sp³-hybridized carbons (Fsp3) is 0.364. The van der Waals surface area contributed by atoms with Crippen molar-refractivity contribution in [3.05, 3.63) is 29.3 Å². The molecule has 0 unspecified atom stereocenters. The summed E-state index contributed by atoms with van der Waals surface area (Å²) in [7, 11) is 0. The van der Waals surface area contributed by atoms with Gasteiger partial charge in [0.2, 0.25) is 0 Å². The molecule has 5 heteroatoms. The average Bonchev–Trinajstić information content (AvgIpc) is 2.60. The highest BCUT2D eigenvalue weighted by atomic mass is 19.3. The van der Waals surface area contributed by atoms with Crippen LogP contribution < -0.4 is 4.90 Å². The van der Waals surface area contributed by atoms with Gasteiger partial charge in [-0.15, -0.1) is 0 Å². The van der Waals surface area contributed by atoms with Crippen LogP contribution in [0, 0.1) is 0 Å². The van der Waals surface area contributed by atoms with E-state index in [-0.39, 0.29) is 12.1 Å². The number of carboxylic acids is 1. The van der Waals surface area contributed by atoms with Crippen LogP contribution in [0.5, 0.6) is 0 Å². The lowest BCUT2D eigenvalue weighted by atomic mass is 10.1. The van der Waals surface area contributed by atoms with Crippen LogP contribution in [0.4, 0.5) is 14.5 Å². The molecule has 0 bridgehead atoms. The topological polar surface area (TPSA) is 40.5 Å². The smallest absolute Gasteiger partial charge is 0.335 e. The maximum Gasteiger partial charge on any atom is 0.335 e. The molecule has 0 amide bonds. The van der Waals surface area contributed by atoms with Gasteiger partial charge in [0.1, 0.15) is 0 Å². The number of rotatable bonds is 3. The molecule has 0 radical (unpaired) electrons. The van der Waals surface area contributed by atoms with E-state index in [1.165, 1.54) is 6.07 Å². The number of fused-ring (bicyclic) bond motifs is 1. The fourth-order valence-corrected chi connectivity index (χ4v) is 1.96. The van der Waals surface area contributed by atoms with E-state index in [9.17, 15) is 13.6 Å². The Kier molecular flexibility index (Phi) is 2.77. The Bertz CT molecular complexity index is 420. The number of anilines is 1. The number of hydrogen-bond donors (Lipinski definition) is 1. The second-order valence-electron chi connectivity index (χ2n) is 3.74. The van der Waals surface area contributed by atoms with Crippen LogP contribution in [-0.4, -0.2) is 30.6 Å². The first-order valence-corrected chi connectivity index (χ1v) is 4.97. The van der Waals surface area contributed by atoms with Gasteiger partial charge in [0.05, 0.1) is 12.1 Å². The van der Waals surface area contributed by atoms with Gasteiger partial charge in [-0.3, -0.25) is 0 Å². The normalized spacial score (nSPS) is 14.3. The van der Waals surface area contributed by atoms with Gasteiger partial charge in [0.25, 0.3) is 6.43 Å². The Balaban J connectivity index is 2.25. The largest absolute Gasteiger partial charge is 0.478 e. The fourth-order valence-electron chi connectivity index (χ4n) is 1.96. The standard InChI is InChI=1S/C11H11F2NO2/c12-10(13)6-14-4-3-7-5-8(11(15)16)1-2-9(7)14/h1-2,5,10H,3-4,6H2,(H,15,16). The predicted octanol–water partition coefficient (Wildman–Crippen LogP) is 2.01. The van der Waals surface area contributed by atoms with Crippen LogP contribution in [0.15, 0.2) is 18.2 Å². The Morgan fingerprint density at radius 1 is 1.50 bits per heavy atom. The molecule has 3 nitrogen and oxygen atoms in total. The zero-order valence-corrected chi connectivity index (χ0v) is 8.49. The van der Waals surface area contributed by atoms with Gasteiger partial charge in [0, 0.05) is 12.2 Å². The van der Waals surface area contributed by atoms with Crippen molar-refractivity contribution in [1.82, 2.24) is 0 Å². The second-order valence-corrected chi connectivity index (χ2v) is 3.74. The van der Waals surface area contributed by atoms with Crippen LogP contribution in [0.2, 0.25) is 0 Å². The summed E-state index contributed by atoms with van der Waals surface area (Å²) in [6.07, 6.45) is -1.74. The molecule has 1 aliphatic heterocycles. The van der Waals surface area contributed by atoms with Crippen molar-refractivity contribution in [3.63, 3.8) is 0 Å². The Morgan fingerprint density at radius 3 is 2.88 bits per heavy atom.